The van der Waals surface area contributed by atoms with Crippen molar-refractivity contribution in [2.24, 2.45) is 11.3 Å². The molecule has 2 rings (SSSR count). The van der Waals surface area contributed by atoms with Gasteiger partial charge in [0.25, 0.3) is 0 Å². The molecule has 0 radical (unpaired) electrons. The van der Waals surface area contributed by atoms with E-state index in [0.29, 0.717) is 11.0 Å². The zero-order valence-corrected chi connectivity index (χ0v) is 11.0. The van der Waals surface area contributed by atoms with Gasteiger partial charge in [-0.3, -0.25) is 4.90 Å². The summed E-state index contributed by atoms with van der Waals surface area (Å²) in [5, 5.41) is 0. The molecule has 88 valence electrons. The Morgan fingerprint density at radius 3 is 2.33 bits per heavy atom. The molecule has 0 aromatic rings. The number of fused-ring (bicyclic) bond motifs is 1. The molecule has 2 aliphatic rings. The van der Waals surface area contributed by atoms with Crippen LogP contribution in [0, 0.1) is 11.3 Å². The summed E-state index contributed by atoms with van der Waals surface area (Å²) in [6.45, 7) is 18.2. The standard InChI is InChI=1S/C13H26N2/c1-6-14-7-11-8-15(12(2,3)4)10-13(11,5)9-14/h11H,6-10H2,1-5H3/t11-,13+/m1/s1. The molecule has 2 aliphatic heterocycles. The minimum absolute atomic E-state index is 0.352. The molecule has 2 fully saturated rings. The summed E-state index contributed by atoms with van der Waals surface area (Å²) in [6.07, 6.45) is 0. The largest absolute Gasteiger partial charge is 0.303 e. The summed E-state index contributed by atoms with van der Waals surface area (Å²) in [5.41, 5.74) is 0.910. The van der Waals surface area contributed by atoms with Gasteiger partial charge in [0.15, 0.2) is 0 Å². The first-order valence-corrected chi connectivity index (χ1v) is 6.32. The van der Waals surface area contributed by atoms with E-state index in [9.17, 15) is 0 Å². The molecule has 0 unspecified atom stereocenters. The third-order valence-electron chi connectivity index (χ3n) is 4.44. The lowest BCUT2D eigenvalue weighted by molar-refractivity contribution is 0.137. The SMILES string of the molecule is CCN1C[C@@H]2CN(C(C)(C)C)C[C@]2(C)C1. The van der Waals surface area contributed by atoms with E-state index in [1.807, 2.05) is 0 Å². The Morgan fingerprint density at radius 1 is 1.20 bits per heavy atom. The molecule has 2 saturated heterocycles. The molecule has 0 aliphatic carbocycles. The molecule has 2 nitrogen and oxygen atoms in total. The van der Waals surface area contributed by atoms with Gasteiger partial charge in [0, 0.05) is 31.7 Å². The molecule has 0 aromatic carbocycles. The molecule has 2 heterocycles. The molecular formula is C13H26N2. The highest BCUT2D eigenvalue weighted by Gasteiger charge is 2.50. The van der Waals surface area contributed by atoms with Crippen LogP contribution in [0.2, 0.25) is 0 Å². The van der Waals surface area contributed by atoms with Gasteiger partial charge in [-0.1, -0.05) is 13.8 Å². The Bertz CT molecular complexity index is 243. The van der Waals surface area contributed by atoms with Crippen LogP contribution in [-0.4, -0.2) is 48.1 Å². The maximum Gasteiger partial charge on any atom is 0.0125 e. The van der Waals surface area contributed by atoms with Gasteiger partial charge in [-0.05, 0) is 38.6 Å². The summed E-state index contributed by atoms with van der Waals surface area (Å²) in [6, 6.07) is 0. The molecule has 15 heavy (non-hydrogen) atoms. The summed E-state index contributed by atoms with van der Waals surface area (Å²) in [4.78, 5) is 5.29. The first kappa shape index (κ1) is 11.4. The fourth-order valence-corrected chi connectivity index (χ4v) is 3.21. The van der Waals surface area contributed by atoms with Crippen molar-refractivity contribution in [3.05, 3.63) is 0 Å². The van der Waals surface area contributed by atoms with Gasteiger partial charge in [-0.25, -0.2) is 0 Å². The van der Waals surface area contributed by atoms with Gasteiger partial charge >= 0.3 is 0 Å². The zero-order valence-electron chi connectivity index (χ0n) is 11.0. The van der Waals surface area contributed by atoms with Gasteiger partial charge in [-0.2, -0.15) is 0 Å². The quantitative estimate of drug-likeness (QED) is 0.653. The van der Waals surface area contributed by atoms with Gasteiger partial charge in [0.2, 0.25) is 0 Å². The molecule has 2 atom stereocenters. The van der Waals surface area contributed by atoms with Crippen molar-refractivity contribution in [2.45, 2.75) is 40.2 Å². The monoisotopic (exact) mass is 210 g/mol. The van der Waals surface area contributed by atoms with E-state index in [4.69, 9.17) is 0 Å². The van der Waals surface area contributed by atoms with Crippen molar-refractivity contribution in [3.8, 4) is 0 Å². The van der Waals surface area contributed by atoms with Crippen molar-refractivity contribution in [2.75, 3.05) is 32.7 Å². The minimum Gasteiger partial charge on any atom is -0.303 e. The Balaban J connectivity index is 2.06. The third-order valence-corrected chi connectivity index (χ3v) is 4.44. The predicted octanol–water partition coefficient (Wildman–Crippen LogP) is 2.06. The fraction of sp³-hybridized carbons (Fsp3) is 1.00. The predicted molar refractivity (Wildman–Crippen MR) is 65.0 cm³/mol. The second-order valence-corrected chi connectivity index (χ2v) is 6.73. The third kappa shape index (κ3) is 1.94. The summed E-state index contributed by atoms with van der Waals surface area (Å²) in [7, 11) is 0. The summed E-state index contributed by atoms with van der Waals surface area (Å²) in [5.74, 6) is 0.900. The van der Waals surface area contributed by atoms with Crippen molar-refractivity contribution >= 4 is 0 Å². The first-order valence-electron chi connectivity index (χ1n) is 6.32. The van der Waals surface area contributed by atoms with E-state index in [1.165, 1.54) is 32.7 Å². The van der Waals surface area contributed by atoms with Crippen molar-refractivity contribution < 1.29 is 0 Å². The maximum absolute atomic E-state index is 2.67. The highest BCUT2D eigenvalue weighted by atomic mass is 15.3. The van der Waals surface area contributed by atoms with Crippen LogP contribution < -0.4 is 0 Å². The van der Waals surface area contributed by atoms with Crippen molar-refractivity contribution in [1.29, 1.82) is 0 Å². The van der Waals surface area contributed by atoms with Crippen molar-refractivity contribution in [3.63, 3.8) is 0 Å². The molecule has 0 bridgehead atoms. The van der Waals surface area contributed by atoms with Crippen LogP contribution >= 0.6 is 0 Å². The normalized spacial score (nSPS) is 38.6. The van der Waals surface area contributed by atoms with Gasteiger partial charge < -0.3 is 4.90 Å². The number of hydrogen-bond acceptors (Lipinski definition) is 2. The Kier molecular flexibility index (Phi) is 2.63. The molecule has 0 N–H and O–H groups in total. The molecular weight excluding hydrogens is 184 g/mol. The van der Waals surface area contributed by atoms with E-state index >= 15 is 0 Å². The van der Waals surface area contributed by atoms with Crippen LogP contribution in [0.25, 0.3) is 0 Å². The minimum atomic E-state index is 0.352. The number of nitrogens with zero attached hydrogens (tertiary/aromatic N) is 2. The first-order chi connectivity index (χ1) is 6.85. The lowest BCUT2D eigenvalue weighted by Gasteiger charge is -2.34. The number of likely N-dealkylation sites (tertiary alicyclic amines) is 2. The van der Waals surface area contributed by atoms with E-state index < -0.39 is 0 Å². The molecule has 0 aromatic heterocycles. The molecule has 2 heteroatoms. The van der Waals surface area contributed by atoms with Crippen molar-refractivity contribution in [1.82, 2.24) is 9.80 Å². The van der Waals surface area contributed by atoms with Crippen LogP contribution in [0.15, 0.2) is 0 Å². The highest BCUT2D eigenvalue weighted by molar-refractivity contribution is 5.03. The summed E-state index contributed by atoms with van der Waals surface area (Å²) < 4.78 is 0. The van der Waals surface area contributed by atoms with E-state index in [-0.39, 0.29) is 0 Å². The summed E-state index contributed by atoms with van der Waals surface area (Å²) >= 11 is 0. The Morgan fingerprint density at radius 2 is 1.87 bits per heavy atom. The van der Waals surface area contributed by atoms with E-state index in [2.05, 4.69) is 44.4 Å². The van der Waals surface area contributed by atoms with E-state index in [0.717, 1.165) is 5.92 Å². The van der Waals surface area contributed by atoms with Crippen LogP contribution in [-0.2, 0) is 0 Å². The van der Waals surface area contributed by atoms with Gasteiger partial charge in [0.1, 0.15) is 0 Å². The molecule has 0 saturated carbocycles. The van der Waals surface area contributed by atoms with Crippen LogP contribution in [0.4, 0.5) is 0 Å². The second-order valence-electron chi connectivity index (χ2n) is 6.73. The van der Waals surface area contributed by atoms with E-state index in [1.54, 1.807) is 0 Å². The topological polar surface area (TPSA) is 6.48 Å². The second kappa shape index (κ2) is 3.46. The molecule has 0 spiro atoms. The number of rotatable bonds is 1. The highest BCUT2D eigenvalue weighted by Crippen LogP contribution is 2.43. The lowest BCUT2D eigenvalue weighted by atomic mass is 9.83. The molecule has 0 amide bonds. The van der Waals surface area contributed by atoms with Gasteiger partial charge in [0.05, 0.1) is 0 Å². The average molecular weight is 210 g/mol. The Hall–Kier alpha value is -0.0800. The Labute approximate surface area is 94.6 Å². The van der Waals surface area contributed by atoms with Crippen LogP contribution in [0.5, 0.6) is 0 Å². The van der Waals surface area contributed by atoms with Crippen LogP contribution in [0.3, 0.4) is 0 Å². The lowest BCUT2D eigenvalue weighted by Crippen LogP contribution is -2.42. The van der Waals surface area contributed by atoms with Gasteiger partial charge in [-0.15, -0.1) is 0 Å². The zero-order chi connectivity index (χ0) is 11.3. The van der Waals surface area contributed by atoms with Crippen LogP contribution in [0.1, 0.15) is 34.6 Å². The maximum atomic E-state index is 2.67. The average Bonchev–Trinajstić information content (AvgIpc) is 2.54. The number of hydrogen-bond donors (Lipinski definition) is 0. The smallest absolute Gasteiger partial charge is 0.0125 e. The fourth-order valence-electron chi connectivity index (χ4n) is 3.21.